The number of ether oxygens (including phenoxy) is 1. The third-order valence-electron chi connectivity index (χ3n) is 3.28. The largest absolute Gasteiger partial charge is 0.497 e. The lowest BCUT2D eigenvalue weighted by molar-refractivity contribution is 0.126. The van der Waals surface area contributed by atoms with Crippen LogP contribution in [0, 0.1) is 0 Å². The van der Waals surface area contributed by atoms with Gasteiger partial charge in [0.25, 0.3) is 0 Å². The van der Waals surface area contributed by atoms with Crippen LogP contribution in [0.4, 0.5) is 0 Å². The fourth-order valence-corrected chi connectivity index (χ4v) is 2.05. The Hall–Kier alpha value is -2.33. The molecule has 0 amide bonds. The average molecular weight is 299 g/mol. The van der Waals surface area contributed by atoms with Gasteiger partial charge in [-0.05, 0) is 30.2 Å². The maximum absolute atomic E-state index is 10.2. The van der Waals surface area contributed by atoms with Crippen LogP contribution >= 0.6 is 0 Å². The first-order valence-corrected chi connectivity index (χ1v) is 7.20. The van der Waals surface area contributed by atoms with Crippen molar-refractivity contribution in [2.45, 2.75) is 26.1 Å². The summed E-state index contributed by atoms with van der Waals surface area (Å²) in [6, 6.07) is 17.2. The van der Waals surface area contributed by atoms with Crippen molar-refractivity contribution in [1.29, 1.82) is 0 Å². The van der Waals surface area contributed by atoms with Crippen LogP contribution in [0.1, 0.15) is 30.6 Å². The van der Waals surface area contributed by atoms with Crippen molar-refractivity contribution >= 4 is 5.71 Å². The van der Waals surface area contributed by atoms with E-state index in [2.05, 4.69) is 5.16 Å². The van der Waals surface area contributed by atoms with Gasteiger partial charge in [-0.15, -0.1) is 0 Å². The number of aliphatic hydroxyl groups is 1. The van der Waals surface area contributed by atoms with Crippen LogP contribution in [-0.4, -0.2) is 17.9 Å². The monoisotopic (exact) mass is 299 g/mol. The second-order valence-electron chi connectivity index (χ2n) is 5.08. The molecule has 0 aliphatic rings. The molecule has 0 heterocycles. The van der Waals surface area contributed by atoms with Gasteiger partial charge in [0.2, 0.25) is 0 Å². The molecule has 1 N–H and O–H groups in total. The Morgan fingerprint density at radius 3 is 2.41 bits per heavy atom. The van der Waals surface area contributed by atoms with Gasteiger partial charge in [-0.1, -0.05) is 47.6 Å². The molecular weight excluding hydrogens is 278 g/mol. The van der Waals surface area contributed by atoms with Gasteiger partial charge in [-0.25, -0.2) is 0 Å². The molecule has 0 aliphatic heterocycles. The van der Waals surface area contributed by atoms with E-state index >= 15 is 0 Å². The normalized spacial score (nSPS) is 12.8. The maximum Gasteiger partial charge on any atom is 0.142 e. The summed E-state index contributed by atoms with van der Waals surface area (Å²) < 4.78 is 5.10. The number of rotatable bonds is 7. The van der Waals surface area contributed by atoms with E-state index in [9.17, 15) is 5.11 Å². The number of aliphatic hydroxyl groups excluding tert-OH is 1. The van der Waals surface area contributed by atoms with E-state index < -0.39 is 6.10 Å². The Kier molecular flexibility index (Phi) is 5.98. The standard InChI is InChI=1S/C18H21NO3/c1-14(19-22-13-15-6-4-3-5-7-15)12-18(20)16-8-10-17(21-2)11-9-16/h3-11,18,20H,12-13H2,1-2H3/b19-14+. The number of methoxy groups -OCH3 is 1. The third kappa shape index (κ3) is 4.90. The molecule has 116 valence electrons. The number of hydrogen-bond acceptors (Lipinski definition) is 4. The van der Waals surface area contributed by atoms with Gasteiger partial charge in [0.1, 0.15) is 12.4 Å². The van der Waals surface area contributed by atoms with Crippen molar-refractivity contribution in [3.05, 3.63) is 65.7 Å². The highest BCUT2D eigenvalue weighted by molar-refractivity contribution is 5.81. The lowest BCUT2D eigenvalue weighted by Gasteiger charge is -2.11. The lowest BCUT2D eigenvalue weighted by Crippen LogP contribution is -2.04. The van der Waals surface area contributed by atoms with E-state index in [-0.39, 0.29) is 0 Å². The first kappa shape index (κ1) is 16.0. The van der Waals surface area contributed by atoms with Crippen molar-refractivity contribution in [3.8, 4) is 5.75 Å². The van der Waals surface area contributed by atoms with E-state index in [1.807, 2.05) is 61.5 Å². The summed E-state index contributed by atoms with van der Waals surface area (Å²) in [6.45, 7) is 2.27. The minimum Gasteiger partial charge on any atom is -0.497 e. The van der Waals surface area contributed by atoms with Crippen LogP contribution in [-0.2, 0) is 11.4 Å². The SMILES string of the molecule is COc1ccc(C(O)C/C(C)=N/OCc2ccccc2)cc1. The molecule has 2 rings (SSSR count). The summed E-state index contributed by atoms with van der Waals surface area (Å²) in [7, 11) is 1.62. The van der Waals surface area contributed by atoms with E-state index in [4.69, 9.17) is 9.57 Å². The summed E-state index contributed by atoms with van der Waals surface area (Å²) in [4.78, 5) is 5.31. The number of oxime groups is 1. The van der Waals surface area contributed by atoms with Gasteiger partial charge in [-0.3, -0.25) is 0 Å². The Bertz CT molecular complexity index is 593. The lowest BCUT2D eigenvalue weighted by atomic mass is 10.0. The topological polar surface area (TPSA) is 51.0 Å². The Labute approximate surface area is 131 Å². The van der Waals surface area contributed by atoms with Crippen LogP contribution in [0.15, 0.2) is 59.8 Å². The number of nitrogens with zero attached hydrogens (tertiary/aromatic N) is 1. The predicted octanol–water partition coefficient (Wildman–Crippen LogP) is 3.71. The molecule has 0 bridgehead atoms. The number of hydrogen-bond donors (Lipinski definition) is 1. The zero-order chi connectivity index (χ0) is 15.8. The van der Waals surface area contributed by atoms with Crippen molar-refractivity contribution in [2.75, 3.05) is 7.11 Å². The van der Waals surface area contributed by atoms with Gasteiger partial charge in [0.05, 0.1) is 18.9 Å². The average Bonchev–Trinajstić information content (AvgIpc) is 2.56. The Morgan fingerprint density at radius 2 is 1.77 bits per heavy atom. The maximum atomic E-state index is 10.2. The molecule has 0 saturated heterocycles. The van der Waals surface area contributed by atoms with Crippen molar-refractivity contribution in [1.82, 2.24) is 0 Å². The highest BCUT2D eigenvalue weighted by atomic mass is 16.6. The summed E-state index contributed by atoms with van der Waals surface area (Å²) in [5.41, 5.74) is 2.65. The van der Waals surface area contributed by atoms with Gasteiger partial charge in [-0.2, -0.15) is 0 Å². The molecule has 2 aromatic rings. The highest BCUT2D eigenvalue weighted by Crippen LogP contribution is 2.20. The minimum absolute atomic E-state index is 0.427. The first-order chi connectivity index (χ1) is 10.7. The molecule has 4 nitrogen and oxygen atoms in total. The molecule has 0 aromatic heterocycles. The van der Waals surface area contributed by atoms with Crippen molar-refractivity contribution in [2.24, 2.45) is 5.16 Å². The van der Waals surface area contributed by atoms with Crippen molar-refractivity contribution in [3.63, 3.8) is 0 Å². The number of benzene rings is 2. The molecule has 2 aromatic carbocycles. The zero-order valence-electron chi connectivity index (χ0n) is 12.9. The molecule has 22 heavy (non-hydrogen) atoms. The predicted molar refractivity (Wildman–Crippen MR) is 86.9 cm³/mol. The summed E-state index contributed by atoms with van der Waals surface area (Å²) in [6.07, 6.45) is -0.170. The molecular formula is C18H21NO3. The van der Waals surface area contributed by atoms with Gasteiger partial charge < -0.3 is 14.7 Å². The minimum atomic E-state index is -0.602. The molecule has 0 spiro atoms. The quantitative estimate of drug-likeness (QED) is 0.626. The van der Waals surface area contributed by atoms with Crippen LogP contribution in [0.5, 0.6) is 5.75 Å². The van der Waals surface area contributed by atoms with Crippen molar-refractivity contribution < 1.29 is 14.7 Å². The smallest absolute Gasteiger partial charge is 0.142 e. The Balaban J connectivity index is 1.84. The van der Waals surface area contributed by atoms with E-state index in [0.717, 1.165) is 22.6 Å². The summed E-state index contributed by atoms with van der Waals surface area (Å²) in [5, 5.41) is 14.2. The van der Waals surface area contributed by atoms with E-state index in [1.54, 1.807) is 7.11 Å². The van der Waals surface area contributed by atoms with Crippen LogP contribution < -0.4 is 4.74 Å². The molecule has 0 radical (unpaired) electrons. The van der Waals surface area contributed by atoms with Gasteiger partial charge >= 0.3 is 0 Å². The highest BCUT2D eigenvalue weighted by Gasteiger charge is 2.09. The van der Waals surface area contributed by atoms with Crippen LogP contribution in [0.25, 0.3) is 0 Å². The molecule has 0 fully saturated rings. The van der Waals surface area contributed by atoms with Gasteiger partial charge in [0, 0.05) is 6.42 Å². The first-order valence-electron chi connectivity index (χ1n) is 7.20. The van der Waals surface area contributed by atoms with Crippen LogP contribution in [0.3, 0.4) is 0 Å². The van der Waals surface area contributed by atoms with Crippen LogP contribution in [0.2, 0.25) is 0 Å². The van der Waals surface area contributed by atoms with E-state index in [1.165, 1.54) is 0 Å². The van der Waals surface area contributed by atoms with E-state index in [0.29, 0.717) is 13.0 Å². The molecule has 4 heteroatoms. The molecule has 1 atom stereocenters. The summed E-state index contributed by atoms with van der Waals surface area (Å²) in [5.74, 6) is 0.771. The fourth-order valence-electron chi connectivity index (χ4n) is 2.05. The Morgan fingerprint density at radius 1 is 1.09 bits per heavy atom. The molecule has 1 unspecified atom stereocenters. The third-order valence-corrected chi connectivity index (χ3v) is 3.28. The second-order valence-corrected chi connectivity index (χ2v) is 5.08. The molecule has 0 saturated carbocycles. The fraction of sp³-hybridized carbons (Fsp3) is 0.278. The second kappa shape index (κ2) is 8.20. The zero-order valence-corrected chi connectivity index (χ0v) is 12.9. The molecule has 0 aliphatic carbocycles. The summed E-state index contributed by atoms with van der Waals surface area (Å²) >= 11 is 0. The van der Waals surface area contributed by atoms with Gasteiger partial charge in [0.15, 0.2) is 0 Å².